The maximum Gasteiger partial charge on any atom is 0.248 e. The molecule has 5 atom stereocenters. The van der Waals surface area contributed by atoms with Crippen molar-refractivity contribution in [1.82, 2.24) is 15.5 Å². The first-order chi connectivity index (χ1) is 16.2. The largest absolute Gasteiger partial charge is 0.381 e. The lowest BCUT2D eigenvalue weighted by Gasteiger charge is -2.36. The Morgan fingerprint density at radius 3 is 2.14 bits per heavy atom. The molecule has 0 aromatic heterocycles. The summed E-state index contributed by atoms with van der Waals surface area (Å²) in [5.74, 6) is -0.789. The third-order valence-electron chi connectivity index (χ3n) is 10.6. The molecule has 1 heterocycles. The molecule has 5 N–H and O–H groups in total. The molecule has 4 rings (SSSR count). The van der Waals surface area contributed by atoms with E-state index < -0.39 is 30.1 Å². The molecule has 0 bridgehead atoms. The van der Waals surface area contributed by atoms with Crippen molar-refractivity contribution >= 4 is 17.7 Å². The second kappa shape index (κ2) is 8.72. The van der Waals surface area contributed by atoms with Gasteiger partial charge in [0.15, 0.2) is 6.10 Å². The fourth-order valence-electron chi connectivity index (χ4n) is 7.99. The zero-order valence-electron chi connectivity index (χ0n) is 22.4. The number of rotatable bonds is 8. The standard InChI is InChI=1S/C27H46N4O4/c1-24(2,3)20(29-6)23(35)31-15-27(25(4,5)26(27)11-8-12-26)14-18(31)22(34)30-17(19(32)21(28)33)13-16-9-7-10-16/h16-20,29,32H,7-15H2,1-6H3,(H2,28,33)(H,30,34)/t17?,18-,19?,20+,27?/m0/s1. The number of likely N-dealkylation sites (tertiary alicyclic amines) is 1. The number of primary amides is 1. The van der Waals surface area contributed by atoms with E-state index in [9.17, 15) is 19.5 Å². The Kier molecular flexibility index (Phi) is 6.58. The highest BCUT2D eigenvalue weighted by atomic mass is 16.3. The molecule has 0 aromatic rings. The van der Waals surface area contributed by atoms with E-state index in [1.807, 2.05) is 20.8 Å². The first-order valence-electron chi connectivity index (χ1n) is 13.5. The van der Waals surface area contributed by atoms with E-state index in [1.54, 1.807) is 11.9 Å². The molecule has 3 saturated carbocycles. The second-order valence-electron chi connectivity index (χ2n) is 13.4. The van der Waals surface area contributed by atoms with E-state index in [2.05, 4.69) is 24.5 Å². The summed E-state index contributed by atoms with van der Waals surface area (Å²) >= 11 is 0. The zero-order chi connectivity index (χ0) is 26.0. The van der Waals surface area contributed by atoms with Crippen molar-refractivity contribution in [1.29, 1.82) is 0 Å². The predicted octanol–water partition coefficient (Wildman–Crippen LogP) is 1.94. The van der Waals surface area contributed by atoms with Crippen LogP contribution in [0.25, 0.3) is 0 Å². The van der Waals surface area contributed by atoms with Gasteiger partial charge in [-0.3, -0.25) is 14.4 Å². The molecule has 4 aliphatic rings. The van der Waals surface area contributed by atoms with Crippen LogP contribution in [-0.2, 0) is 14.4 Å². The number of carbonyl (C=O) groups excluding carboxylic acids is 3. The molecule has 0 aromatic carbocycles. The van der Waals surface area contributed by atoms with Crippen LogP contribution in [0, 0.1) is 27.6 Å². The van der Waals surface area contributed by atoms with Gasteiger partial charge < -0.3 is 26.4 Å². The predicted molar refractivity (Wildman–Crippen MR) is 134 cm³/mol. The molecule has 3 aliphatic carbocycles. The normalized spacial score (nSPS) is 31.4. The van der Waals surface area contributed by atoms with Crippen LogP contribution in [-0.4, -0.2) is 65.5 Å². The van der Waals surface area contributed by atoms with Crippen molar-refractivity contribution in [3.8, 4) is 0 Å². The molecule has 0 radical (unpaired) electrons. The van der Waals surface area contributed by atoms with E-state index in [1.165, 1.54) is 6.42 Å². The number of hydrogen-bond acceptors (Lipinski definition) is 5. The Morgan fingerprint density at radius 2 is 1.74 bits per heavy atom. The number of nitrogens with one attached hydrogen (secondary N) is 2. The van der Waals surface area contributed by atoms with Gasteiger partial charge in [0.05, 0.1) is 12.1 Å². The molecule has 198 valence electrons. The number of fused-ring (bicyclic) bond motifs is 1. The van der Waals surface area contributed by atoms with Crippen LogP contribution < -0.4 is 16.4 Å². The van der Waals surface area contributed by atoms with E-state index in [4.69, 9.17) is 5.73 Å². The first kappa shape index (κ1) is 26.4. The summed E-state index contributed by atoms with van der Waals surface area (Å²) in [6, 6.07) is -1.77. The van der Waals surface area contributed by atoms with Crippen LogP contribution in [0.5, 0.6) is 0 Å². The Morgan fingerprint density at radius 1 is 1.11 bits per heavy atom. The number of amides is 3. The smallest absolute Gasteiger partial charge is 0.248 e. The van der Waals surface area contributed by atoms with Crippen LogP contribution in [0.2, 0.25) is 0 Å². The van der Waals surface area contributed by atoms with Crippen LogP contribution in [0.15, 0.2) is 0 Å². The van der Waals surface area contributed by atoms with E-state index in [-0.39, 0.29) is 33.5 Å². The summed E-state index contributed by atoms with van der Waals surface area (Å²) in [6.07, 6.45) is 6.40. The van der Waals surface area contributed by atoms with E-state index in [0.29, 0.717) is 25.3 Å². The lowest BCUT2D eigenvalue weighted by Crippen LogP contribution is -2.58. The van der Waals surface area contributed by atoms with E-state index in [0.717, 1.165) is 32.1 Å². The molecule has 1 aliphatic heterocycles. The number of nitrogens with two attached hydrogens (primary N) is 1. The third kappa shape index (κ3) is 3.90. The molecular formula is C27H46N4O4. The van der Waals surface area contributed by atoms with Gasteiger partial charge in [-0.2, -0.15) is 0 Å². The van der Waals surface area contributed by atoms with Crippen molar-refractivity contribution in [3.63, 3.8) is 0 Å². The number of aliphatic hydroxyl groups excluding tert-OH is 1. The van der Waals surface area contributed by atoms with E-state index >= 15 is 0 Å². The Balaban J connectivity index is 1.61. The van der Waals surface area contributed by atoms with Gasteiger partial charge >= 0.3 is 0 Å². The van der Waals surface area contributed by atoms with Gasteiger partial charge in [0.1, 0.15) is 6.04 Å². The van der Waals surface area contributed by atoms with Gasteiger partial charge in [-0.15, -0.1) is 0 Å². The highest BCUT2D eigenvalue weighted by Crippen LogP contribution is 2.88. The number of aliphatic hydroxyl groups is 1. The minimum absolute atomic E-state index is 0.0554. The minimum Gasteiger partial charge on any atom is -0.381 e. The van der Waals surface area contributed by atoms with Crippen LogP contribution in [0.1, 0.15) is 86.0 Å². The van der Waals surface area contributed by atoms with Crippen molar-refractivity contribution in [2.75, 3.05) is 13.6 Å². The fourth-order valence-corrected chi connectivity index (χ4v) is 7.99. The topological polar surface area (TPSA) is 125 Å². The van der Waals surface area contributed by atoms with Crippen LogP contribution in [0.4, 0.5) is 0 Å². The maximum absolute atomic E-state index is 13.9. The first-order valence-corrected chi connectivity index (χ1v) is 13.5. The number of likely N-dealkylation sites (N-methyl/N-ethyl adjacent to an activating group) is 1. The molecule has 1 saturated heterocycles. The summed E-state index contributed by atoms with van der Waals surface area (Å²) in [6.45, 7) is 11.3. The molecule has 3 unspecified atom stereocenters. The van der Waals surface area contributed by atoms with Gasteiger partial charge in [0.25, 0.3) is 0 Å². The summed E-state index contributed by atoms with van der Waals surface area (Å²) in [5.41, 5.74) is 5.30. The molecule has 35 heavy (non-hydrogen) atoms. The van der Waals surface area contributed by atoms with Crippen LogP contribution >= 0.6 is 0 Å². The highest BCUT2D eigenvalue weighted by molar-refractivity contribution is 5.92. The molecule has 2 spiro atoms. The van der Waals surface area contributed by atoms with Gasteiger partial charge in [0.2, 0.25) is 17.7 Å². The molecule has 4 fully saturated rings. The lowest BCUT2D eigenvalue weighted by molar-refractivity contribution is -0.143. The Bertz CT molecular complexity index is 873. The van der Waals surface area contributed by atoms with Crippen molar-refractivity contribution in [2.24, 2.45) is 33.3 Å². The van der Waals surface area contributed by atoms with Gasteiger partial charge in [-0.05, 0) is 54.9 Å². The van der Waals surface area contributed by atoms with Crippen LogP contribution in [0.3, 0.4) is 0 Å². The molecule has 8 nitrogen and oxygen atoms in total. The quantitative estimate of drug-likeness (QED) is 0.414. The molecule has 8 heteroatoms. The van der Waals surface area contributed by atoms with Crippen molar-refractivity contribution < 1.29 is 19.5 Å². The average Bonchev–Trinajstić information content (AvgIpc) is 2.95. The zero-order valence-corrected chi connectivity index (χ0v) is 22.4. The third-order valence-corrected chi connectivity index (χ3v) is 10.6. The fraction of sp³-hybridized carbons (Fsp3) is 0.889. The monoisotopic (exact) mass is 490 g/mol. The van der Waals surface area contributed by atoms with Gasteiger partial charge in [-0.25, -0.2) is 0 Å². The SMILES string of the molecule is CN[C@H](C(=O)N1CC2(C[C@H]1C(=O)NC(CC1CCC1)C(O)C(N)=O)C(C)(C)C21CCC1)C(C)(C)C. The molecular weight excluding hydrogens is 444 g/mol. The van der Waals surface area contributed by atoms with Gasteiger partial charge in [0, 0.05) is 12.0 Å². The summed E-state index contributed by atoms with van der Waals surface area (Å²) in [5, 5.41) is 16.7. The van der Waals surface area contributed by atoms with Crippen molar-refractivity contribution in [2.45, 2.75) is 110 Å². The summed E-state index contributed by atoms with van der Waals surface area (Å²) in [4.78, 5) is 41.3. The summed E-state index contributed by atoms with van der Waals surface area (Å²) in [7, 11) is 1.79. The number of carbonyl (C=O) groups is 3. The lowest BCUT2D eigenvalue weighted by atomic mass is 9.73. The Labute approximate surface area is 210 Å². The second-order valence-corrected chi connectivity index (χ2v) is 13.4. The molecule has 3 amide bonds. The minimum atomic E-state index is -1.44. The van der Waals surface area contributed by atoms with Crippen molar-refractivity contribution in [3.05, 3.63) is 0 Å². The van der Waals surface area contributed by atoms with Gasteiger partial charge in [-0.1, -0.05) is 60.3 Å². The highest BCUT2D eigenvalue weighted by Gasteiger charge is 2.85. The number of nitrogens with zero attached hydrogens (tertiary/aromatic N) is 1. The Hall–Kier alpha value is -1.67. The maximum atomic E-state index is 13.9. The number of hydrogen-bond donors (Lipinski definition) is 4. The average molecular weight is 491 g/mol. The summed E-state index contributed by atoms with van der Waals surface area (Å²) < 4.78 is 0.